The summed E-state index contributed by atoms with van der Waals surface area (Å²) in [4.78, 5) is 36.8. The average Bonchev–Trinajstić information content (AvgIpc) is 2.90. The van der Waals surface area contributed by atoms with Gasteiger partial charge in [-0.15, -0.1) is 0 Å². The number of hydrogen-bond acceptors (Lipinski definition) is 4. The monoisotopic (exact) mass is 282 g/mol. The minimum Gasteiger partial charge on any atom is -0.481 e. The molecule has 20 heavy (non-hydrogen) atoms. The number of carboxylic acid groups (broad SMARTS) is 1. The lowest BCUT2D eigenvalue weighted by molar-refractivity contribution is -0.138. The molecule has 0 aliphatic carbocycles. The van der Waals surface area contributed by atoms with Gasteiger partial charge < -0.3 is 19.3 Å². The minimum atomic E-state index is -0.893. The quantitative estimate of drug-likeness (QED) is 0.794. The molecule has 7 nitrogen and oxygen atoms in total. The highest BCUT2D eigenvalue weighted by atomic mass is 16.4. The number of nitrogens with zero attached hydrogens (tertiary/aromatic N) is 2. The van der Waals surface area contributed by atoms with Gasteiger partial charge in [0.15, 0.2) is 5.76 Å². The second kappa shape index (κ2) is 7.32. The van der Waals surface area contributed by atoms with Gasteiger partial charge in [-0.1, -0.05) is 0 Å². The van der Waals surface area contributed by atoms with Crippen molar-refractivity contribution in [2.75, 3.05) is 27.2 Å². The fourth-order valence-electron chi connectivity index (χ4n) is 1.58. The Kier molecular flexibility index (Phi) is 5.76. The third-order valence-electron chi connectivity index (χ3n) is 2.76. The molecule has 0 saturated heterocycles. The number of carbonyl (C=O) groups excluding carboxylic acids is 2. The van der Waals surface area contributed by atoms with Gasteiger partial charge in [-0.25, -0.2) is 0 Å². The molecule has 1 heterocycles. The molecule has 110 valence electrons. The Morgan fingerprint density at radius 3 is 2.50 bits per heavy atom. The van der Waals surface area contributed by atoms with Crippen molar-refractivity contribution in [3.63, 3.8) is 0 Å². The van der Waals surface area contributed by atoms with Gasteiger partial charge >= 0.3 is 5.97 Å². The summed E-state index contributed by atoms with van der Waals surface area (Å²) >= 11 is 0. The molecule has 2 amide bonds. The predicted molar refractivity (Wildman–Crippen MR) is 70.2 cm³/mol. The Morgan fingerprint density at radius 2 is 1.95 bits per heavy atom. The summed E-state index contributed by atoms with van der Waals surface area (Å²) in [6.07, 6.45) is 1.78. The van der Waals surface area contributed by atoms with E-state index in [1.165, 1.54) is 29.2 Å². The zero-order valence-corrected chi connectivity index (χ0v) is 11.5. The van der Waals surface area contributed by atoms with Gasteiger partial charge in [0.05, 0.1) is 12.8 Å². The van der Waals surface area contributed by atoms with E-state index in [1.54, 1.807) is 13.1 Å². The van der Waals surface area contributed by atoms with Crippen LogP contribution in [0.5, 0.6) is 0 Å². The number of aliphatic carboxylic acids is 1. The molecule has 0 radical (unpaired) electrons. The van der Waals surface area contributed by atoms with Crippen LogP contribution in [0.25, 0.3) is 0 Å². The van der Waals surface area contributed by atoms with Gasteiger partial charge in [-0.2, -0.15) is 0 Å². The topological polar surface area (TPSA) is 91.1 Å². The number of likely N-dealkylation sites (N-methyl/N-ethyl adjacent to an activating group) is 2. The van der Waals surface area contributed by atoms with Crippen molar-refractivity contribution < 1.29 is 23.9 Å². The number of amides is 2. The van der Waals surface area contributed by atoms with Gasteiger partial charge in [0.1, 0.15) is 0 Å². The van der Waals surface area contributed by atoms with Crippen molar-refractivity contribution in [3.05, 3.63) is 24.2 Å². The van der Waals surface area contributed by atoms with Crippen LogP contribution in [0.1, 0.15) is 23.4 Å². The highest BCUT2D eigenvalue weighted by Gasteiger charge is 2.19. The Labute approximate surface area is 116 Å². The maximum Gasteiger partial charge on any atom is 0.303 e. The average molecular weight is 282 g/mol. The largest absolute Gasteiger partial charge is 0.481 e. The fourth-order valence-corrected chi connectivity index (χ4v) is 1.58. The Balaban J connectivity index is 2.40. The summed E-state index contributed by atoms with van der Waals surface area (Å²) in [6, 6.07) is 3.13. The number of carboxylic acids is 1. The number of furan rings is 1. The third kappa shape index (κ3) is 4.75. The summed E-state index contributed by atoms with van der Waals surface area (Å²) < 4.78 is 4.97. The van der Waals surface area contributed by atoms with Crippen LogP contribution in [-0.4, -0.2) is 59.9 Å². The molecule has 0 fully saturated rings. The standard InChI is InChI=1S/C13H18N2O5/c1-14(7-3-6-12(17)18)11(16)9-15(2)13(19)10-5-4-8-20-10/h4-5,8H,3,6-7,9H2,1-2H3,(H,17,18). The molecule has 0 aliphatic heterocycles. The second-order valence-electron chi connectivity index (χ2n) is 4.45. The van der Waals surface area contributed by atoms with Gasteiger partial charge in [-0.05, 0) is 18.6 Å². The van der Waals surface area contributed by atoms with Crippen molar-refractivity contribution in [3.8, 4) is 0 Å². The lowest BCUT2D eigenvalue weighted by Gasteiger charge is -2.21. The number of rotatable bonds is 7. The molecule has 7 heteroatoms. The van der Waals surface area contributed by atoms with E-state index in [9.17, 15) is 14.4 Å². The Bertz CT molecular complexity index is 469. The summed E-state index contributed by atoms with van der Waals surface area (Å²) in [7, 11) is 3.09. The lowest BCUT2D eigenvalue weighted by Crippen LogP contribution is -2.39. The lowest BCUT2D eigenvalue weighted by atomic mass is 10.3. The van der Waals surface area contributed by atoms with Crippen LogP contribution in [0.4, 0.5) is 0 Å². The molecule has 0 saturated carbocycles. The number of carbonyl (C=O) groups is 3. The summed E-state index contributed by atoms with van der Waals surface area (Å²) in [5.74, 6) is -1.34. The van der Waals surface area contributed by atoms with E-state index in [2.05, 4.69) is 0 Å². The van der Waals surface area contributed by atoms with Gasteiger partial charge in [0.2, 0.25) is 5.91 Å². The van der Waals surface area contributed by atoms with E-state index in [-0.39, 0.29) is 30.5 Å². The minimum absolute atomic E-state index is 0.0127. The van der Waals surface area contributed by atoms with E-state index >= 15 is 0 Å². The Morgan fingerprint density at radius 1 is 1.25 bits per heavy atom. The van der Waals surface area contributed by atoms with Crippen LogP contribution < -0.4 is 0 Å². The van der Waals surface area contributed by atoms with Crippen LogP contribution >= 0.6 is 0 Å². The summed E-state index contributed by atoms with van der Waals surface area (Å²) in [5, 5.41) is 8.52. The molecule has 0 bridgehead atoms. The van der Waals surface area contributed by atoms with E-state index in [1.807, 2.05) is 0 Å². The molecule has 0 spiro atoms. The molecule has 1 aromatic heterocycles. The van der Waals surface area contributed by atoms with E-state index in [0.717, 1.165) is 0 Å². The first-order valence-corrected chi connectivity index (χ1v) is 6.16. The van der Waals surface area contributed by atoms with Crippen molar-refractivity contribution >= 4 is 17.8 Å². The molecule has 1 rings (SSSR count). The third-order valence-corrected chi connectivity index (χ3v) is 2.76. The van der Waals surface area contributed by atoms with Gasteiger partial charge in [-0.3, -0.25) is 14.4 Å². The van der Waals surface area contributed by atoms with E-state index < -0.39 is 5.97 Å². The van der Waals surface area contributed by atoms with Crippen molar-refractivity contribution in [1.29, 1.82) is 0 Å². The Hall–Kier alpha value is -2.31. The highest BCUT2D eigenvalue weighted by molar-refractivity contribution is 5.94. The maximum absolute atomic E-state index is 11.9. The molecular formula is C13H18N2O5. The van der Waals surface area contributed by atoms with Crippen LogP contribution in [0.2, 0.25) is 0 Å². The van der Waals surface area contributed by atoms with E-state index in [0.29, 0.717) is 13.0 Å². The highest BCUT2D eigenvalue weighted by Crippen LogP contribution is 2.04. The molecule has 1 N–H and O–H groups in total. The molecule has 0 aliphatic rings. The first-order chi connectivity index (χ1) is 9.41. The van der Waals surface area contributed by atoms with Crippen LogP contribution in [0.3, 0.4) is 0 Å². The second-order valence-corrected chi connectivity index (χ2v) is 4.45. The normalized spacial score (nSPS) is 10.1. The van der Waals surface area contributed by atoms with Gasteiger partial charge in [0.25, 0.3) is 5.91 Å². The molecule has 0 aromatic carbocycles. The van der Waals surface area contributed by atoms with Crippen molar-refractivity contribution in [2.24, 2.45) is 0 Å². The molecule has 0 unspecified atom stereocenters. The van der Waals surface area contributed by atoms with Crippen LogP contribution in [0, 0.1) is 0 Å². The molecule has 0 atom stereocenters. The predicted octanol–water partition coefficient (Wildman–Crippen LogP) is 0.675. The first kappa shape index (κ1) is 15.7. The van der Waals surface area contributed by atoms with Crippen LogP contribution in [0.15, 0.2) is 22.8 Å². The summed E-state index contributed by atoms with van der Waals surface area (Å²) in [5.41, 5.74) is 0. The van der Waals surface area contributed by atoms with Crippen molar-refractivity contribution in [2.45, 2.75) is 12.8 Å². The van der Waals surface area contributed by atoms with Crippen LogP contribution in [-0.2, 0) is 9.59 Å². The van der Waals surface area contributed by atoms with Gasteiger partial charge in [0, 0.05) is 27.1 Å². The summed E-state index contributed by atoms with van der Waals surface area (Å²) in [6.45, 7) is 0.261. The fraction of sp³-hybridized carbons (Fsp3) is 0.462. The zero-order valence-electron chi connectivity index (χ0n) is 11.5. The smallest absolute Gasteiger partial charge is 0.303 e. The van der Waals surface area contributed by atoms with E-state index in [4.69, 9.17) is 9.52 Å². The van der Waals surface area contributed by atoms with Crippen molar-refractivity contribution in [1.82, 2.24) is 9.80 Å². The SMILES string of the molecule is CN(CCCC(=O)O)C(=O)CN(C)C(=O)c1ccco1. The number of hydrogen-bond donors (Lipinski definition) is 1. The molecule has 1 aromatic rings. The molecular weight excluding hydrogens is 264 g/mol. The first-order valence-electron chi connectivity index (χ1n) is 6.16. The zero-order chi connectivity index (χ0) is 15.1. The maximum atomic E-state index is 11.9.